The number of allylic oxidation sites excluding steroid dienone is 2. The van der Waals surface area contributed by atoms with Crippen LogP contribution in [-0.4, -0.2) is 5.78 Å². The standard InChI is InChI=1S/C14H12O/c15-14(13-7-2-1-3-8-13)9-5-4-6-12-10-11-12/h1-3,5,7-9,12H,10-11H2/b9-5+. The predicted molar refractivity (Wildman–Crippen MR) is 60.4 cm³/mol. The van der Waals surface area contributed by atoms with Gasteiger partial charge in [-0.2, -0.15) is 0 Å². The molecule has 1 saturated carbocycles. The van der Waals surface area contributed by atoms with Crippen molar-refractivity contribution in [2.24, 2.45) is 5.92 Å². The fourth-order valence-electron chi connectivity index (χ4n) is 1.21. The molecule has 0 aromatic heterocycles. The third-order valence-electron chi connectivity index (χ3n) is 2.24. The molecule has 1 nitrogen and oxygen atoms in total. The van der Waals surface area contributed by atoms with Gasteiger partial charge in [0.25, 0.3) is 0 Å². The van der Waals surface area contributed by atoms with Crippen molar-refractivity contribution in [2.45, 2.75) is 12.8 Å². The number of carbonyl (C=O) groups excluding carboxylic acids is 1. The molecule has 15 heavy (non-hydrogen) atoms. The Labute approximate surface area is 89.8 Å². The summed E-state index contributed by atoms with van der Waals surface area (Å²) in [4.78, 5) is 11.6. The molecule has 0 atom stereocenters. The van der Waals surface area contributed by atoms with E-state index in [0.29, 0.717) is 11.5 Å². The molecular formula is C14H12O. The Bertz CT molecular complexity index is 427. The first-order chi connectivity index (χ1) is 7.36. The zero-order chi connectivity index (χ0) is 10.5. The van der Waals surface area contributed by atoms with Gasteiger partial charge in [0.05, 0.1) is 0 Å². The third-order valence-corrected chi connectivity index (χ3v) is 2.24. The first-order valence-electron chi connectivity index (χ1n) is 5.13. The molecule has 0 saturated heterocycles. The minimum Gasteiger partial charge on any atom is -0.289 e. The van der Waals surface area contributed by atoms with E-state index in [1.807, 2.05) is 18.2 Å². The molecule has 2 rings (SSSR count). The molecule has 1 aromatic rings. The van der Waals surface area contributed by atoms with Gasteiger partial charge in [-0.3, -0.25) is 4.79 Å². The molecule has 0 amide bonds. The Morgan fingerprint density at radius 3 is 2.67 bits per heavy atom. The van der Waals surface area contributed by atoms with Crippen LogP contribution in [0.15, 0.2) is 42.5 Å². The van der Waals surface area contributed by atoms with Crippen molar-refractivity contribution >= 4 is 5.78 Å². The smallest absolute Gasteiger partial charge is 0.186 e. The molecule has 74 valence electrons. The van der Waals surface area contributed by atoms with Gasteiger partial charge in [-0.15, -0.1) is 0 Å². The fourth-order valence-corrected chi connectivity index (χ4v) is 1.21. The average molecular weight is 196 g/mol. The van der Waals surface area contributed by atoms with Crippen molar-refractivity contribution in [3.8, 4) is 11.8 Å². The number of hydrogen-bond acceptors (Lipinski definition) is 1. The van der Waals surface area contributed by atoms with Gasteiger partial charge in [0.2, 0.25) is 0 Å². The number of carbonyl (C=O) groups is 1. The Balaban J connectivity index is 1.95. The molecule has 0 N–H and O–H groups in total. The summed E-state index contributed by atoms with van der Waals surface area (Å²) in [6.45, 7) is 0. The third kappa shape index (κ3) is 3.11. The highest BCUT2D eigenvalue weighted by molar-refractivity contribution is 6.04. The Morgan fingerprint density at radius 1 is 1.27 bits per heavy atom. The maximum Gasteiger partial charge on any atom is 0.186 e. The molecular weight excluding hydrogens is 184 g/mol. The van der Waals surface area contributed by atoms with E-state index in [0.717, 1.165) is 0 Å². The van der Waals surface area contributed by atoms with Crippen LogP contribution in [0.3, 0.4) is 0 Å². The lowest BCUT2D eigenvalue weighted by Gasteiger charge is -1.91. The van der Waals surface area contributed by atoms with E-state index in [9.17, 15) is 4.79 Å². The summed E-state index contributed by atoms with van der Waals surface area (Å²) in [5, 5.41) is 0. The molecule has 0 bridgehead atoms. The largest absolute Gasteiger partial charge is 0.289 e. The van der Waals surface area contributed by atoms with Crippen LogP contribution in [0.25, 0.3) is 0 Å². The van der Waals surface area contributed by atoms with Crippen LogP contribution in [0.1, 0.15) is 23.2 Å². The first kappa shape index (κ1) is 9.73. The maximum atomic E-state index is 11.6. The number of ketones is 1. The average Bonchev–Trinajstić information content (AvgIpc) is 3.09. The molecule has 0 aliphatic heterocycles. The predicted octanol–water partition coefficient (Wildman–Crippen LogP) is 2.84. The van der Waals surface area contributed by atoms with Gasteiger partial charge in [-0.1, -0.05) is 42.2 Å². The highest BCUT2D eigenvalue weighted by Gasteiger charge is 2.17. The summed E-state index contributed by atoms with van der Waals surface area (Å²) in [6.07, 6.45) is 5.61. The van der Waals surface area contributed by atoms with E-state index in [-0.39, 0.29) is 5.78 Å². The van der Waals surface area contributed by atoms with Crippen molar-refractivity contribution < 1.29 is 4.79 Å². The molecule has 0 unspecified atom stereocenters. The van der Waals surface area contributed by atoms with E-state index in [4.69, 9.17) is 0 Å². The summed E-state index contributed by atoms with van der Waals surface area (Å²) in [5.41, 5.74) is 0.710. The molecule has 1 aliphatic carbocycles. The lowest BCUT2D eigenvalue weighted by Crippen LogP contribution is -1.92. The zero-order valence-corrected chi connectivity index (χ0v) is 8.44. The molecule has 1 aromatic carbocycles. The fraction of sp³-hybridized carbons (Fsp3) is 0.214. The number of hydrogen-bond donors (Lipinski definition) is 0. The van der Waals surface area contributed by atoms with Gasteiger partial charge in [-0.05, 0) is 25.0 Å². The molecule has 0 heterocycles. The lowest BCUT2D eigenvalue weighted by atomic mass is 10.1. The molecule has 0 radical (unpaired) electrons. The van der Waals surface area contributed by atoms with E-state index >= 15 is 0 Å². The van der Waals surface area contributed by atoms with Crippen LogP contribution < -0.4 is 0 Å². The summed E-state index contributed by atoms with van der Waals surface area (Å²) >= 11 is 0. The van der Waals surface area contributed by atoms with Gasteiger partial charge < -0.3 is 0 Å². The van der Waals surface area contributed by atoms with E-state index in [2.05, 4.69) is 11.8 Å². The summed E-state index contributed by atoms with van der Waals surface area (Å²) in [6, 6.07) is 9.23. The molecule has 1 fully saturated rings. The summed E-state index contributed by atoms with van der Waals surface area (Å²) < 4.78 is 0. The van der Waals surface area contributed by atoms with Crippen molar-refractivity contribution in [1.29, 1.82) is 0 Å². The van der Waals surface area contributed by atoms with Crippen LogP contribution in [0, 0.1) is 17.8 Å². The first-order valence-corrected chi connectivity index (χ1v) is 5.13. The SMILES string of the molecule is O=C(/C=C/C#CC1CC1)c1ccccc1. The van der Waals surface area contributed by atoms with Gasteiger partial charge in [0.1, 0.15) is 0 Å². The van der Waals surface area contributed by atoms with Crippen molar-refractivity contribution in [2.75, 3.05) is 0 Å². The Hall–Kier alpha value is -1.81. The van der Waals surface area contributed by atoms with Gasteiger partial charge in [0.15, 0.2) is 5.78 Å². The topological polar surface area (TPSA) is 17.1 Å². The number of benzene rings is 1. The van der Waals surface area contributed by atoms with Crippen LogP contribution >= 0.6 is 0 Å². The van der Waals surface area contributed by atoms with Gasteiger partial charge in [-0.25, -0.2) is 0 Å². The maximum absolute atomic E-state index is 11.6. The lowest BCUT2D eigenvalue weighted by molar-refractivity contribution is 0.104. The quantitative estimate of drug-likeness (QED) is 0.404. The number of rotatable bonds is 2. The highest BCUT2D eigenvalue weighted by Crippen LogP contribution is 2.27. The summed E-state index contributed by atoms with van der Waals surface area (Å²) in [7, 11) is 0. The second kappa shape index (κ2) is 4.61. The minimum absolute atomic E-state index is 0.0145. The molecule has 0 spiro atoms. The van der Waals surface area contributed by atoms with Crippen molar-refractivity contribution in [3.05, 3.63) is 48.0 Å². The summed E-state index contributed by atoms with van der Waals surface area (Å²) in [5.74, 6) is 6.57. The van der Waals surface area contributed by atoms with Crippen molar-refractivity contribution in [1.82, 2.24) is 0 Å². The van der Waals surface area contributed by atoms with E-state index < -0.39 is 0 Å². The zero-order valence-electron chi connectivity index (χ0n) is 8.44. The van der Waals surface area contributed by atoms with Crippen LogP contribution in [0.2, 0.25) is 0 Å². The van der Waals surface area contributed by atoms with Gasteiger partial charge >= 0.3 is 0 Å². The van der Waals surface area contributed by atoms with Crippen molar-refractivity contribution in [3.63, 3.8) is 0 Å². The highest BCUT2D eigenvalue weighted by atomic mass is 16.1. The van der Waals surface area contributed by atoms with Crippen LogP contribution in [0.5, 0.6) is 0 Å². The Kier molecular flexibility index (Phi) is 2.99. The second-order valence-corrected chi connectivity index (χ2v) is 3.63. The molecule has 1 aliphatic rings. The van der Waals surface area contributed by atoms with Crippen LogP contribution in [-0.2, 0) is 0 Å². The normalized spacial score (nSPS) is 14.7. The van der Waals surface area contributed by atoms with E-state index in [1.165, 1.54) is 18.9 Å². The second-order valence-electron chi connectivity index (χ2n) is 3.63. The minimum atomic E-state index is 0.0145. The Morgan fingerprint density at radius 2 is 2.00 bits per heavy atom. The van der Waals surface area contributed by atoms with E-state index in [1.54, 1.807) is 18.2 Å². The molecule has 1 heteroatoms. The van der Waals surface area contributed by atoms with Crippen LogP contribution in [0.4, 0.5) is 0 Å². The monoisotopic (exact) mass is 196 g/mol. The van der Waals surface area contributed by atoms with Gasteiger partial charge in [0, 0.05) is 11.5 Å².